The van der Waals surface area contributed by atoms with Crippen molar-refractivity contribution in [1.29, 1.82) is 0 Å². The molecule has 0 amide bonds. The van der Waals surface area contributed by atoms with E-state index < -0.39 is 6.10 Å². The maximum absolute atomic E-state index is 12.8. The first kappa shape index (κ1) is 55.4. The lowest BCUT2D eigenvalue weighted by atomic mass is 9.99. The van der Waals surface area contributed by atoms with Crippen LogP contribution in [0.4, 0.5) is 0 Å². The predicted octanol–water partition coefficient (Wildman–Crippen LogP) is 16.1. The minimum atomic E-state index is -0.762. The van der Waals surface area contributed by atoms with Crippen molar-refractivity contribution in [2.24, 2.45) is 11.8 Å². The lowest BCUT2D eigenvalue weighted by molar-refractivity contribution is -0.167. The minimum absolute atomic E-state index is 0.0648. The van der Waals surface area contributed by atoms with Crippen LogP contribution in [0.5, 0.6) is 0 Å². The molecule has 0 saturated heterocycles. The SMILES string of the molecule is CCCCCCCCCCCCCCCCCC(=O)O[C@@H](COC(=O)CCCCCCCCCCCCC(C)CC)COC(=O)CCCCCCCCC(C)CC. The molecule has 0 fully saturated rings. The summed E-state index contributed by atoms with van der Waals surface area (Å²) >= 11 is 0. The molecule has 0 heterocycles. The number of esters is 3. The standard InChI is InChI=1S/C51H98O6/c1-6-9-10-11-12-13-14-15-16-17-18-23-26-33-38-43-51(54)57-48(45-56-50(53)42-37-32-28-27-30-35-40-47(5)8-3)44-55-49(52)41-36-31-25-22-20-19-21-24-29-34-39-46(4)7-2/h46-48H,6-45H2,1-5H3/t46?,47?,48-/m0/s1. The van der Waals surface area contributed by atoms with E-state index >= 15 is 0 Å². The summed E-state index contributed by atoms with van der Waals surface area (Å²) in [6.07, 6.45) is 43.7. The fourth-order valence-corrected chi connectivity index (χ4v) is 7.57. The molecule has 0 bridgehead atoms. The van der Waals surface area contributed by atoms with Gasteiger partial charge < -0.3 is 14.2 Å². The molecular formula is C51H98O6. The van der Waals surface area contributed by atoms with Crippen LogP contribution in [0.1, 0.15) is 279 Å². The Hall–Kier alpha value is -1.59. The Morgan fingerprint density at radius 3 is 0.912 bits per heavy atom. The smallest absolute Gasteiger partial charge is 0.306 e. The quantitative estimate of drug-likeness (QED) is 0.0346. The molecular weight excluding hydrogens is 709 g/mol. The van der Waals surface area contributed by atoms with Gasteiger partial charge in [0, 0.05) is 19.3 Å². The lowest BCUT2D eigenvalue weighted by Crippen LogP contribution is -2.30. The van der Waals surface area contributed by atoms with Crippen molar-refractivity contribution in [2.75, 3.05) is 13.2 Å². The van der Waals surface area contributed by atoms with Gasteiger partial charge in [-0.15, -0.1) is 0 Å². The summed E-state index contributed by atoms with van der Waals surface area (Å²) in [6.45, 7) is 11.4. The van der Waals surface area contributed by atoms with Gasteiger partial charge in [-0.1, -0.05) is 240 Å². The monoisotopic (exact) mass is 807 g/mol. The first-order valence-corrected chi connectivity index (χ1v) is 25.3. The van der Waals surface area contributed by atoms with Crippen LogP contribution in [0.15, 0.2) is 0 Å². The van der Waals surface area contributed by atoms with E-state index in [1.165, 1.54) is 167 Å². The molecule has 0 saturated carbocycles. The van der Waals surface area contributed by atoms with Gasteiger partial charge in [0.25, 0.3) is 0 Å². The van der Waals surface area contributed by atoms with E-state index in [-0.39, 0.29) is 31.1 Å². The largest absolute Gasteiger partial charge is 0.462 e. The topological polar surface area (TPSA) is 78.9 Å². The number of hydrogen-bond acceptors (Lipinski definition) is 6. The molecule has 6 nitrogen and oxygen atoms in total. The van der Waals surface area contributed by atoms with E-state index in [1.807, 2.05) is 0 Å². The van der Waals surface area contributed by atoms with Crippen molar-refractivity contribution in [3.63, 3.8) is 0 Å². The highest BCUT2D eigenvalue weighted by atomic mass is 16.6. The number of rotatable bonds is 45. The van der Waals surface area contributed by atoms with Crippen molar-refractivity contribution >= 4 is 17.9 Å². The minimum Gasteiger partial charge on any atom is -0.462 e. The number of carbonyl (C=O) groups excluding carboxylic acids is 3. The Labute approximate surface area is 355 Å². The van der Waals surface area contributed by atoms with Crippen molar-refractivity contribution in [3.05, 3.63) is 0 Å². The van der Waals surface area contributed by atoms with E-state index in [2.05, 4.69) is 34.6 Å². The maximum Gasteiger partial charge on any atom is 0.306 e. The maximum atomic E-state index is 12.8. The fourth-order valence-electron chi connectivity index (χ4n) is 7.57. The van der Waals surface area contributed by atoms with Gasteiger partial charge in [-0.05, 0) is 31.1 Å². The average Bonchev–Trinajstić information content (AvgIpc) is 3.21. The number of hydrogen-bond donors (Lipinski definition) is 0. The summed E-state index contributed by atoms with van der Waals surface area (Å²) in [6, 6.07) is 0. The van der Waals surface area contributed by atoms with Gasteiger partial charge in [-0.2, -0.15) is 0 Å². The number of ether oxygens (including phenoxy) is 3. The van der Waals surface area contributed by atoms with Crippen LogP contribution in [-0.2, 0) is 28.6 Å². The van der Waals surface area contributed by atoms with E-state index in [1.54, 1.807) is 0 Å². The van der Waals surface area contributed by atoms with E-state index in [0.29, 0.717) is 19.3 Å². The molecule has 2 unspecified atom stereocenters. The molecule has 0 aromatic rings. The highest BCUT2D eigenvalue weighted by Crippen LogP contribution is 2.18. The highest BCUT2D eigenvalue weighted by Gasteiger charge is 2.19. The molecule has 0 N–H and O–H groups in total. The predicted molar refractivity (Wildman–Crippen MR) is 243 cm³/mol. The normalized spacial score (nSPS) is 13.0. The third-order valence-corrected chi connectivity index (χ3v) is 12.2. The van der Waals surface area contributed by atoms with Gasteiger partial charge in [0.05, 0.1) is 0 Å². The van der Waals surface area contributed by atoms with Crippen LogP contribution >= 0.6 is 0 Å². The summed E-state index contributed by atoms with van der Waals surface area (Å²) < 4.78 is 16.8. The van der Waals surface area contributed by atoms with E-state index in [9.17, 15) is 14.4 Å². The summed E-state index contributed by atoms with van der Waals surface area (Å²) in [4.78, 5) is 37.9. The fraction of sp³-hybridized carbons (Fsp3) is 0.941. The summed E-state index contributed by atoms with van der Waals surface area (Å²) in [5, 5.41) is 0. The van der Waals surface area contributed by atoms with Crippen LogP contribution in [0.3, 0.4) is 0 Å². The van der Waals surface area contributed by atoms with Crippen molar-refractivity contribution in [2.45, 2.75) is 285 Å². The van der Waals surface area contributed by atoms with Crippen LogP contribution < -0.4 is 0 Å². The highest BCUT2D eigenvalue weighted by molar-refractivity contribution is 5.71. The van der Waals surface area contributed by atoms with Crippen molar-refractivity contribution in [1.82, 2.24) is 0 Å². The molecule has 0 radical (unpaired) electrons. The Balaban J connectivity index is 4.32. The van der Waals surface area contributed by atoms with Crippen molar-refractivity contribution < 1.29 is 28.6 Å². The first-order chi connectivity index (χ1) is 27.8. The Morgan fingerprint density at radius 2 is 0.614 bits per heavy atom. The van der Waals surface area contributed by atoms with Gasteiger partial charge in [-0.3, -0.25) is 14.4 Å². The molecule has 0 aromatic carbocycles. The molecule has 57 heavy (non-hydrogen) atoms. The Morgan fingerprint density at radius 1 is 0.351 bits per heavy atom. The third-order valence-electron chi connectivity index (χ3n) is 12.2. The van der Waals surface area contributed by atoms with Gasteiger partial charge >= 0.3 is 17.9 Å². The van der Waals surface area contributed by atoms with Crippen molar-refractivity contribution in [3.8, 4) is 0 Å². The second kappa shape index (κ2) is 44.0. The molecule has 6 heteroatoms. The average molecular weight is 807 g/mol. The molecule has 0 aromatic heterocycles. The third kappa shape index (κ3) is 42.3. The number of unbranched alkanes of at least 4 members (excludes halogenated alkanes) is 28. The van der Waals surface area contributed by atoms with Crippen LogP contribution in [0, 0.1) is 11.8 Å². The van der Waals surface area contributed by atoms with Gasteiger partial charge in [0.15, 0.2) is 6.10 Å². The molecule has 338 valence electrons. The van der Waals surface area contributed by atoms with Gasteiger partial charge in [0.2, 0.25) is 0 Å². The molecule has 0 spiro atoms. The molecule has 0 aliphatic carbocycles. The molecule has 0 aliphatic rings. The molecule has 0 aliphatic heterocycles. The summed E-state index contributed by atoms with van der Waals surface area (Å²) in [7, 11) is 0. The first-order valence-electron chi connectivity index (χ1n) is 25.3. The Bertz CT molecular complexity index is 874. The van der Waals surface area contributed by atoms with Crippen LogP contribution in [0.25, 0.3) is 0 Å². The van der Waals surface area contributed by atoms with Crippen LogP contribution in [-0.4, -0.2) is 37.2 Å². The molecule has 3 atom stereocenters. The summed E-state index contributed by atoms with van der Waals surface area (Å²) in [5.74, 6) is 0.831. The van der Waals surface area contributed by atoms with Gasteiger partial charge in [-0.25, -0.2) is 0 Å². The lowest BCUT2D eigenvalue weighted by Gasteiger charge is -2.18. The zero-order valence-electron chi connectivity index (χ0n) is 39.0. The Kier molecular flexibility index (Phi) is 42.7. The zero-order valence-corrected chi connectivity index (χ0v) is 39.0. The molecule has 0 rings (SSSR count). The second-order valence-corrected chi connectivity index (χ2v) is 17.9. The van der Waals surface area contributed by atoms with Crippen LogP contribution in [0.2, 0.25) is 0 Å². The summed E-state index contributed by atoms with van der Waals surface area (Å²) in [5.41, 5.74) is 0. The van der Waals surface area contributed by atoms with E-state index in [4.69, 9.17) is 14.2 Å². The van der Waals surface area contributed by atoms with Gasteiger partial charge in [0.1, 0.15) is 13.2 Å². The van der Waals surface area contributed by atoms with E-state index in [0.717, 1.165) is 69.6 Å². The zero-order chi connectivity index (χ0) is 41.9. The second-order valence-electron chi connectivity index (χ2n) is 17.9. The number of carbonyl (C=O) groups is 3.